The van der Waals surface area contributed by atoms with Crippen LogP contribution in [0.1, 0.15) is 38.8 Å². The molecule has 7 nitrogen and oxygen atoms in total. The van der Waals surface area contributed by atoms with Crippen molar-refractivity contribution < 1.29 is 19.1 Å². The van der Waals surface area contributed by atoms with Crippen LogP contribution in [0.2, 0.25) is 0 Å². The van der Waals surface area contributed by atoms with Crippen molar-refractivity contribution in [3.05, 3.63) is 41.1 Å². The van der Waals surface area contributed by atoms with Gasteiger partial charge in [-0.25, -0.2) is 9.79 Å². The SMILES string of the molecule is COCC(=O)Nc1cccc([C@@H]2C(C(=O)OC(C)C)=C(C)N=C3SCCCN32)c1. The van der Waals surface area contributed by atoms with Crippen molar-refractivity contribution in [2.24, 2.45) is 4.99 Å². The smallest absolute Gasteiger partial charge is 0.338 e. The maximum absolute atomic E-state index is 13.0. The Morgan fingerprint density at radius 3 is 2.90 bits per heavy atom. The second-order valence-corrected chi connectivity index (χ2v) is 8.31. The number of carbonyl (C=O) groups excluding carboxylic acids is 2. The van der Waals surface area contributed by atoms with Crippen LogP contribution in [0.15, 0.2) is 40.5 Å². The van der Waals surface area contributed by atoms with Gasteiger partial charge >= 0.3 is 5.97 Å². The Balaban J connectivity index is 2.00. The van der Waals surface area contributed by atoms with E-state index < -0.39 is 0 Å². The number of nitrogens with zero attached hydrogens (tertiary/aromatic N) is 2. The lowest BCUT2D eigenvalue weighted by Gasteiger charge is -2.40. The topological polar surface area (TPSA) is 80.2 Å². The summed E-state index contributed by atoms with van der Waals surface area (Å²) in [7, 11) is 1.48. The van der Waals surface area contributed by atoms with E-state index in [4.69, 9.17) is 9.47 Å². The van der Waals surface area contributed by atoms with Crippen LogP contribution in [0, 0.1) is 0 Å². The number of methoxy groups -OCH3 is 1. The number of fused-ring (bicyclic) bond motifs is 1. The first-order valence-electron chi connectivity index (χ1n) is 9.69. The molecule has 8 heteroatoms. The summed E-state index contributed by atoms with van der Waals surface area (Å²) >= 11 is 1.70. The summed E-state index contributed by atoms with van der Waals surface area (Å²) in [6.07, 6.45) is 0.792. The van der Waals surface area contributed by atoms with Crippen LogP contribution in [0.25, 0.3) is 0 Å². The number of hydrogen-bond donors (Lipinski definition) is 1. The van der Waals surface area contributed by atoms with Crippen molar-refractivity contribution in [2.45, 2.75) is 39.3 Å². The molecule has 2 aliphatic heterocycles. The van der Waals surface area contributed by atoms with E-state index in [0.717, 1.165) is 29.4 Å². The fourth-order valence-corrected chi connectivity index (χ4v) is 4.49. The molecule has 0 bridgehead atoms. The van der Waals surface area contributed by atoms with Crippen LogP contribution in [0.5, 0.6) is 0 Å². The van der Waals surface area contributed by atoms with Gasteiger partial charge < -0.3 is 19.7 Å². The normalized spacial score (nSPS) is 19.0. The number of allylic oxidation sites excluding steroid dienone is 1. The number of amidine groups is 1. The zero-order chi connectivity index (χ0) is 21.0. The first-order valence-corrected chi connectivity index (χ1v) is 10.7. The molecule has 1 fully saturated rings. The van der Waals surface area contributed by atoms with Gasteiger partial charge in [-0.05, 0) is 44.9 Å². The summed E-state index contributed by atoms with van der Waals surface area (Å²) in [5.41, 5.74) is 2.79. The van der Waals surface area contributed by atoms with E-state index >= 15 is 0 Å². The third-order valence-corrected chi connectivity index (χ3v) is 5.66. The molecule has 0 aliphatic carbocycles. The third-order valence-electron chi connectivity index (χ3n) is 4.58. The molecular weight excluding hydrogens is 390 g/mol. The lowest BCUT2D eigenvalue weighted by Crippen LogP contribution is -2.42. The Kier molecular flexibility index (Phi) is 6.97. The number of esters is 1. The van der Waals surface area contributed by atoms with Crippen LogP contribution in [-0.2, 0) is 19.1 Å². The summed E-state index contributed by atoms with van der Waals surface area (Å²) in [4.78, 5) is 31.7. The van der Waals surface area contributed by atoms with E-state index in [9.17, 15) is 9.59 Å². The molecule has 1 aromatic carbocycles. The second kappa shape index (κ2) is 9.45. The molecule has 1 amide bonds. The maximum atomic E-state index is 13.0. The monoisotopic (exact) mass is 417 g/mol. The standard InChI is InChI=1S/C21H27N3O4S/c1-13(2)28-20(26)18-14(3)22-21-24(9-6-10-29-21)19(18)15-7-5-8-16(11-15)23-17(25)12-27-4/h5,7-8,11,13,19H,6,9-10,12H2,1-4H3,(H,23,25)/t19-/m1/s1. The number of aliphatic imine (C=N–C) groups is 1. The average molecular weight is 418 g/mol. The highest BCUT2D eigenvalue weighted by Crippen LogP contribution is 2.40. The Hall–Kier alpha value is -2.32. The summed E-state index contributed by atoms with van der Waals surface area (Å²) in [6, 6.07) is 7.26. The molecule has 2 aliphatic rings. The molecule has 156 valence electrons. The fraction of sp³-hybridized carbons (Fsp3) is 0.476. The van der Waals surface area contributed by atoms with E-state index in [1.807, 2.05) is 45.0 Å². The van der Waals surface area contributed by atoms with Crippen molar-refractivity contribution >= 4 is 34.5 Å². The van der Waals surface area contributed by atoms with Gasteiger partial charge in [-0.15, -0.1) is 0 Å². The van der Waals surface area contributed by atoms with Gasteiger partial charge in [0.2, 0.25) is 5.91 Å². The predicted octanol–water partition coefficient (Wildman–Crippen LogP) is 3.35. The van der Waals surface area contributed by atoms with Gasteiger partial charge in [0.1, 0.15) is 6.61 Å². The molecule has 1 N–H and O–H groups in total. The van der Waals surface area contributed by atoms with Crippen LogP contribution in [0.4, 0.5) is 5.69 Å². The Labute approximate surface area is 175 Å². The first kappa shape index (κ1) is 21.4. The number of ether oxygens (including phenoxy) is 2. The highest BCUT2D eigenvalue weighted by molar-refractivity contribution is 8.13. The molecule has 2 heterocycles. The summed E-state index contributed by atoms with van der Waals surface area (Å²) in [5, 5.41) is 3.76. The van der Waals surface area contributed by atoms with Gasteiger partial charge in [0.25, 0.3) is 0 Å². The minimum atomic E-state index is -0.352. The van der Waals surface area contributed by atoms with E-state index in [1.54, 1.807) is 11.8 Å². The minimum Gasteiger partial charge on any atom is -0.459 e. The molecule has 0 unspecified atom stereocenters. The number of rotatable bonds is 6. The van der Waals surface area contributed by atoms with Crippen LogP contribution < -0.4 is 5.32 Å². The Bertz CT molecular complexity index is 850. The van der Waals surface area contributed by atoms with Crippen molar-refractivity contribution in [3.63, 3.8) is 0 Å². The van der Waals surface area contributed by atoms with Gasteiger partial charge in [-0.3, -0.25) is 4.79 Å². The largest absolute Gasteiger partial charge is 0.459 e. The van der Waals surface area contributed by atoms with Gasteiger partial charge in [0.15, 0.2) is 5.17 Å². The summed E-state index contributed by atoms with van der Waals surface area (Å²) in [5.74, 6) is 0.429. The van der Waals surface area contributed by atoms with Gasteiger partial charge in [0.05, 0.1) is 23.4 Å². The van der Waals surface area contributed by atoms with Crippen LogP contribution in [0.3, 0.4) is 0 Å². The predicted molar refractivity (Wildman–Crippen MR) is 115 cm³/mol. The fourth-order valence-electron chi connectivity index (χ4n) is 3.47. The van der Waals surface area contributed by atoms with E-state index in [-0.39, 0.29) is 30.6 Å². The highest BCUT2D eigenvalue weighted by atomic mass is 32.2. The number of nitrogens with one attached hydrogen (secondary N) is 1. The molecule has 0 spiro atoms. The minimum absolute atomic E-state index is 0.0157. The molecule has 1 saturated heterocycles. The molecule has 1 aromatic rings. The number of benzene rings is 1. The van der Waals surface area contributed by atoms with Gasteiger partial charge in [-0.1, -0.05) is 23.9 Å². The highest BCUT2D eigenvalue weighted by Gasteiger charge is 2.38. The van der Waals surface area contributed by atoms with E-state index in [2.05, 4.69) is 15.2 Å². The number of anilines is 1. The molecule has 0 radical (unpaired) electrons. The lowest BCUT2D eigenvalue weighted by molar-refractivity contribution is -0.143. The van der Waals surface area contributed by atoms with Gasteiger partial charge in [0, 0.05) is 25.1 Å². The molecule has 3 rings (SSSR count). The summed E-state index contributed by atoms with van der Waals surface area (Å²) < 4.78 is 10.4. The first-order chi connectivity index (χ1) is 13.9. The van der Waals surface area contributed by atoms with E-state index in [1.165, 1.54) is 7.11 Å². The number of carbonyl (C=O) groups is 2. The number of hydrogen-bond acceptors (Lipinski definition) is 7. The Morgan fingerprint density at radius 1 is 1.38 bits per heavy atom. The summed E-state index contributed by atoms with van der Waals surface area (Å²) in [6.45, 7) is 6.32. The Morgan fingerprint density at radius 2 is 2.17 bits per heavy atom. The average Bonchev–Trinajstić information content (AvgIpc) is 2.66. The second-order valence-electron chi connectivity index (χ2n) is 7.25. The molecule has 0 saturated carbocycles. The van der Waals surface area contributed by atoms with Crippen molar-refractivity contribution in [2.75, 3.05) is 31.3 Å². The van der Waals surface area contributed by atoms with Crippen LogP contribution in [-0.4, -0.2) is 54.1 Å². The van der Waals surface area contributed by atoms with Crippen molar-refractivity contribution in [1.29, 1.82) is 0 Å². The molecule has 1 atom stereocenters. The number of amides is 1. The molecular formula is C21H27N3O4S. The van der Waals surface area contributed by atoms with E-state index in [0.29, 0.717) is 17.0 Å². The zero-order valence-electron chi connectivity index (χ0n) is 17.2. The van der Waals surface area contributed by atoms with Crippen LogP contribution >= 0.6 is 11.8 Å². The maximum Gasteiger partial charge on any atom is 0.338 e. The van der Waals surface area contributed by atoms with Crippen molar-refractivity contribution in [1.82, 2.24) is 4.90 Å². The zero-order valence-corrected chi connectivity index (χ0v) is 18.0. The number of thioether (sulfide) groups is 1. The van der Waals surface area contributed by atoms with Gasteiger partial charge in [-0.2, -0.15) is 0 Å². The third kappa shape index (κ3) is 5.00. The lowest BCUT2D eigenvalue weighted by atomic mass is 9.94. The van der Waals surface area contributed by atoms with Crippen molar-refractivity contribution in [3.8, 4) is 0 Å². The molecule has 29 heavy (non-hydrogen) atoms. The molecule has 0 aromatic heterocycles. The quantitative estimate of drug-likeness (QED) is 0.715.